The number of phenolic OH excluding ortho intramolecular Hbond substituents is 1. The predicted octanol–water partition coefficient (Wildman–Crippen LogP) is 3.74. The third kappa shape index (κ3) is 2.33. The number of hydrogen-bond donors (Lipinski definition) is 1. The minimum Gasteiger partial charge on any atom is -0.507 e. The summed E-state index contributed by atoms with van der Waals surface area (Å²) in [5.74, 6) is -1.21. The molecule has 1 N–H and O–H groups in total. The molecule has 3 aromatic rings. The zero-order valence-corrected chi connectivity index (χ0v) is 13.2. The molecule has 0 saturated heterocycles. The fourth-order valence-corrected chi connectivity index (χ4v) is 2.96. The Hall–Kier alpha value is -3.60. The maximum atomic E-state index is 12.9. The van der Waals surface area contributed by atoms with Crippen molar-refractivity contribution in [3.8, 4) is 5.75 Å². The van der Waals surface area contributed by atoms with Crippen LogP contribution in [-0.4, -0.2) is 21.9 Å². The van der Waals surface area contributed by atoms with Crippen LogP contribution in [0.2, 0.25) is 0 Å². The zero-order chi connectivity index (χ0) is 17.4. The molecule has 5 nitrogen and oxygen atoms in total. The van der Waals surface area contributed by atoms with E-state index < -0.39 is 11.8 Å². The molecule has 0 fully saturated rings. The number of para-hydroxylation sites is 2. The highest BCUT2D eigenvalue weighted by atomic mass is 16.3. The second-order valence-electron chi connectivity index (χ2n) is 5.60. The third-order valence-corrected chi connectivity index (χ3v) is 4.07. The normalized spacial score (nSPS) is 13.0. The Kier molecular flexibility index (Phi) is 3.47. The van der Waals surface area contributed by atoms with E-state index in [0.717, 1.165) is 5.01 Å². The van der Waals surface area contributed by atoms with Crippen LogP contribution < -0.4 is 5.01 Å². The fraction of sp³-hybridized carbons (Fsp3) is 0. The van der Waals surface area contributed by atoms with E-state index in [1.807, 2.05) is 60.7 Å². The van der Waals surface area contributed by atoms with E-state index in [4.69, 9.17) is 0 Å². The van der Waals surface area contributed by atoms with Gasteiger partial charge < -0.3 is 5.11 Å². The molecule has 0 atom stereocenters. The second kappa shape index (κ2) is 5.79. The van der Waals surface area contributed by atoms with E-state index in [1.165, 1.54) is 6.07 Å². The first-order valence-electron chi connectivity index (χ1n) is 7.79. The molecule has 0 radical (unpaired) electrons. The lowest BCUT2D eigenvalue weighted by Crippen LogP contribution is -2.43. The summed E-state index contributed by atoms with van der Waals surface area (Å²) in [4.78, 5) is 25.8. The van der Waals surface area contributed by atoms with Crippen LogP contribution in [0.5, 0.6) is 5.75 Å². The molecule has 25 heavy (non-hydrogen) atoms. The van der Waals surface area contributed by atoms with Gasteiger partial charge in [-0.15, -0.1) is 0 Å². The van der Waals surface area contributed by atoms with E-state index >= 15 is 0 Å². The lowest BCUT2D eigenvalue weighted by atomic mass is 10.1. The van der Waals surface area contributed by atoms with Crippen LogP contribution in [-0.2, 0) is 0 Å². The average Bonchev–Trinajstić information content (AvgIpc) is 2.90. The van der Waals surface area contributed by atoms with Crippen molar-refractivity contribution in [2.24, 2.45) is 0 Å². The van der Waals surface area contributed by atoms with Gasteiger partial charge in [0.1, 0.15) is 5.75 Å². The van der Waals surface area contributed by atoms with E-state index in [2.05, 4.69) is 0 Å². The molecule has 2 amide bonds. The number of hydrazine groups is 1. The van der Waals surface area contributed by atoms with E-state index in [9.17, 15) is 14.7 Å². The van der Waals surface area contributed by atoms with Gasteiger partial charge in [0.25, 0.3) is 11.8 Å². The van der Waals surface area contributed by atoms with Crippen LogP contribution in [0.1, 0.15) is 20.7 Å². The van der Waals surface area contributed by atoms with Crippen molar-refractivity contribution in [1.29, 1.82) is 0 Å². The van der Waals surface area contributed by atoms with Gasteiger partial charge in [-0.2, -0.15) is 5.01 Å². The molecule has 1 aliphatic rings. The predicted molar refractivity (Wildman–Crippen MR) is 93.6 cm³/mol. The van der Waals surface area contributed by atoms with Gasteiger partial charge in [0.2, 0.25) is 0 Å². The third-order valence-electron chi connectivity index (χ3n) is 4.07. The molecule has 1 heterocycles. The number of hydrogen-bond acceptors (Lipinski definition) is 4. The van der Waals surface area contributed by atoms with Crippen molar-refractivity contribution in [2.75, 3.05) is 5.01 Å². The van der Waals surface area contributed by atoms with E-state index in [0.29, 0.717) is 11.4 Å². The second-order valence-corrected chi connectivity index (χ2v) is 5.60. The van der Waals surface area contributed by atoms with Crippen LogP contribution >= 0.6 is 0 Å². The van der Waals surface area contributed by atoms with Crippen LogP contribution in [0.4, 0.5) is 11.4 Å². The summed E-state index contributed by atoms with van der Waals surface area (Å²) >= 11 is 0. The highest BCUT2D eigenvalue weighted by molar-refractivity contribution is 6.23. The Morgan fingerprint density at radius 2 is 1.24 bits per heavy atom. The lowest BCUT2D eigenvalue weighted by molar-refractivity contribution is 0.0653. The highest BCUT2D eigenvalue weighted by Crippen LogP contribution is 2.36. The molecule has 0 bridgehead atoms. The zero-order valence-electron chi connectivity index (χ0n) is 13.2. The molecular formula is C20H14N2O3. The molecule has 5 heteroatoms. The molecule has 1 aliphatic heterocycles. The maximum absolute atomic E-state index is 12.9. The standard InChI is InChI=1S/C20H14N2O3/c23-17-13-7-12-16-18(17)20(25)22(19(16)24)21(14-8-3-1-4-9-14)15-10-5-2-6-11-15/h1-13,23H. The molecule has 0 spiro atoms. The Morgan fingerprint density at radius 1 is 0.680 bits per heavy atom. The number of amides is 2. The minimum atomic E-state index is -0.550. The topological polar surface area (TPSA) is 60.9 Å². The van der Waals surface area contributed by atoms with Gasteiger partial charge in [-0.25, -0.2) is 5.01 Å². The van der Waals surface area contributed by atoms with Crippen molar-refractivity contribution in [3.05, 3.63) is 90.0 Å². The number of rotatable bonds is 3. The molecule has 4 rings (SSSR count). The molecule has 0 unspecified atom stereocenters. The summed E-state index contributed by atoms with van der Waals surface area (Å²) in [5.41, 5.74) is 1.57. The summed E-state index contributed by atoms with van der Waals surface area (Å²) in [6.07, 6.45) is 0. The number of carbonyl (C=O) groups excluding carboxylic acids is 2. The van der Waals surface area contributed by atoms with Gasteiger partial charge in [-0.05, 0) is 36.4 Å². The molecular weight excluding hydrogens is 316 g/mol. The summed E-state index contributed by atoms with van der Waals surface area (Å²) in [7, 11) is 0. The van der Waals surface area contributed by atoms with E-state index in [1.54, 1.807) is 17.1 Å². The Labute approximate surface area is 144 Å². The number of benzene rings is 3. The SMILES string of the molecule is O=C1c2cccc(O)c2C(=O)N1N(c1ccccc1)c1ccccc1. The monoisotopic (exact) mass is 330 g/mol. The summed E-state index contributed by atoms with van der Waals surface area (Å²) in [6, 6.07) is 22.8. The minimum absolute atomic E-state index is 0.0318. The quantitative estimate of drug-likeness (QED) is 0.743. The highest BCUT2D eigenvalue weighted by Gasteiger charge is 2.42. The van der Waals surface area contributed by atoms with Gasteiger partial charge in [-0.1, -0.05) is 42.5 Å². The number of carbonyl (C=O) groups is 2. The maximum Gasteiger partial charge on any atom is 0.284 e. The lowest BCUT2D eigenvalue weighted by Gasteiger charge is -2.31. The largest absolute Gasteiger partial charge is 0.507 e. The first-order valence-corrected chi connectivity index (χ1v) is 7.79. The van der Waals surface area contributed by atoms with Crippen LogP contribution in [0.25, 0.3) is 0 Å². The first kappa shape index (κ1) is 15.0. The molecule has 0 saturated carbocycles. The smallest absolute Gasteiger partial charge is 0.284 e. The number of nitrogens with zero attached hydrogens (tertiary/aromatic N) is 2. The number of fused-ring (bicyclic) bond motifs is 1. The summed E-state index contributed by atoms with van der Waals surface area (Å²) < 4.78 is 0. The summed E-state index contributed by atoms with van der Waals surface area (Å²) in [5, 5.41) is 12.7. The van der Waals surface area contributed by atoms with E-state index in [-0.39, 0.29) is 16.9 Å². The fourth-order valence-electron chi connectivity index (χ4n) is 2.96. The van der Waals surface area contributed by atoms with Gasteiger partial charge in [0.05, 0.1) is 22.5 Å². The number of anilines is 2. The summed E-state index contributed by atoms with van der Waals surface area (Å²) in [6.45, 7) is 0. The average molecular weight is 330 g/mol. The molecule has 0 aromatic heterocycles. The van der Waals surface area contributed by atoms with Crippen molar-refractivity contribution >= 4 is 23.2 Å². The van der Waals surface area contributed by atoms with Crippen LogP contribution in [0.3, 0.4) is 0 Å². The Bertz CT molecular complexity index is 916. The van der Waals surface area contributed by atoms with Crippen molar-refractivity contribution < 1.29 is 14.7 Å². The van der Waals surface area contributed by atoms with Crippen LogP contribution in [0, 0.1) is 0 Å². The number of aromatic hydroxyl groups is 1. The van der Waals surface area contributed by atoms with Gasteiger partial charge in [-0.3, -0.25) is 9.59 Å². The van der Waals surface area contributed by atoms with Gasteiger partial charge >= 0.3 is 0 Å². The Balaban J connectivity index is 1.89. The molecule has 122 valence electrons. The van der Waals surface area contributed by atoms with Crippen molar-refractivity contribution in [1.82, 2.24) is 5.01 Å². The number of phenols is 1. The van der Waals surface area contributed by atoms with Gasteiger partial charge in [0, 0.05) is 0 Å². The first-order chi connectivity index (χ1) is 12.2. The van der Waals surface area contributed by atoms with Gasteiger partial charge in [0.15, 0.2) is 0 Å². The molecule has 0 aliphatic carbocycles. The number of imide groups is 1. The van der Waals surface area contributed by atoms with Crippen LogP contribution in [0.15, 0.2) is 78.9 Å². The molecule has 3 aromatic carbocycles. The van der Waals surface area contributed by atoms with Crippen molar-refractivity contribution in [2.45, 2.75) is 0 Å². The van der Waals surface area contributed by atoms with Crippen molar-refractivity contribution in [3.63, 3.8) is 0 Å². The Morgan fingerprint density at radius 3 is 1.76 bits per heavy atom.